The minimum atomic E-state index is -4.88. The maximum atomic E-state index is 16.6. The number of benzene rings is 1. The summed E-state index contributed by atoms with van der Waals surface area (Å²) in [5, 5.41) is 13.0. The van der Waals surface area contributed by atoms with Gasteiger partial charge in [-0.1, -0.05) is 11.6 Å². The number of nitrogens with two attached hydrogens (primary N) is 1. The number of aliphatic hydroxyl groups is 1. The summed E-state index contributed by atoms with van der Waals surface area (Å²) in [6, 6.07) is 1.76. The molecule has 2 unspecified atom stereocenters. The van der Waals surface area contributed by atoms with Crippen molar-refractivity contribution in [2.75, 3.05) is 50.0 Å². The first-order valence-corrected chi connectivity index (χ1v) is 14.9. The summed E-state index contributed by atoms with van der Waals surface area (Å²) in [4.78, 5) is 16.7. The Morgan fingerprint density at radius 2 is 1.98 bits per heavy atom. The summed E-state index contributed by atoms with van der Waals surface area (Å²) >= 11 is 6.54. The number of rotatable bonds is 6. The minimum absolute atomic E-state index is 0.0614. The second-order valence-corrected chi connectivity index (χ2v) is 12.5. The maximum absolute atomic E-state index is 16.6. The average Bonchev–Trinajstić information content (AvgIpc) is 3.46. The molecule has 0 aliphatic carbocycles. The van der Waals surface area contributed by atoms with Crippen LogP contribution in [0.15, 0.2) is 12.1 Å². The van der Waals surface area contributed by atoms with Gasteiger partial charge in [-0.3, -0.25) is 4.90 Å². The molecule has 0 spiro atoms. The van der Waals surface area contributed by atoms with Crippen molar-refractivity contribution in [3.8, 4) is 17.3 Å². The lowest BCUT2D eigenvalue weighted by molar-refractivity contribution is -0.137. The lowest BCUT2D eigenvalue weighted by Crippen LogP contribution is -2.57. The number of fused-ring (bicyclic) bond motifs is 2. The molecule has 3 aliphatic heterocycles. The Bertz CT molecular complexity index is 1590. The van der Waals surface area contributed by atoms with E-state index in [9.17, 15) is 22.7 Å². The zero-order valence-electron chi connectivity index (χ0n) is 24.2. The van der Waals surface area contributed by atoms with Gasteiger partial charge in [0, 0.05) is 43.5 Å². The van der Waals surface area contributed by atoms with Crippen LogP contribution in [0, 0.1) is 12.7 Å². The van der Waals surface area contributed by atoms with Crippen LogP contribution in [0.25, 0.3) is 22.2 Å². The predicted molar refractivity (Wildman–Crippen MR) is 156 cm³/mol. The van der Waals surface area contributed by atoms with Gasteiger partial charge >= 0.3 is 12.2 Å². The average molecular weight is 642 g/mol. The zero-order chi connectivity index (χ0) is 31.6. The molecule has 0 bridgehead atoms. The van der Waals surface area contributed by atoms with Gasteiger partial charge in [-0.25, -0.2) is 13.8 Å². The van der Waals surface area contributed by atoms with Crippen LogP contribution in [0.1, 0.15) is 37.3 Å². The number of alkyl halides is 4. The third-order valence-electron chi connectivity index (χ3n) is 8.81. The fourth-order valence-corrected chi connectivity index (χ4v) is 7.31. The van der Waals surface area contributed by atoms with Crippen LogP contribution in [0.5, 0.6) is 6.01 Å². The number of aliphatic hydroxyl groups excluding tert-OH is 1. The number of piperazine rings is 1. The normalized spacial score (nSPS) is 26.0. The number of anilines is 2. The van der Waals surface area contributed by atoms with E-state index in [0.29, 0.717) is 19.6 Å². The number of hydrogen-bond donors (Lipinski definition) is 3. The van der Waals surface area contributed by atoms with Crippen LogP contribution in [-0.4, -0.2) is 88.1 Å². The van der Waals surface area contributed by atoms with Gasteiger partial charge in [0.05, 0.1) is 34.0 Å². The lowest BCUT2D eigenvalue weighted by atomic mass is 9.95. The standard InChI is InChI=1S/C29H33ClF5N7O2/c1-14-6-20(36)38-25(22(14)29(33,34)35)21-19(30)7-18-24(23(21)32)39-27(40-26(18)41-9-15(2)37-17(11-41)12-43)44-13-28-4-3-5-42(28)10-16(31)8-28/h6-7,15-17,37,43H,3-5,8-13H2,1-2H3,(H2,36,38)/t15?,16-,17?,28+/m1/s1. The summed E-state index contributed by atoms with van der Waals surface area (Å²) in [5.74, 6) is -1.13. The highest BCUT2D eigenvalue weighted by Crippen LogP contribution is 2.45. The molecule has 1 aromatic carbocycles. The molecule has 3 aromatic rings. The monoisotopic (exact) mass is 641 g/mol. The highest BCUT2D eigenvalue weighted by atomic mass is 35.5. The van der Waals surface area contributed by atoms with E-state index in [-0.39, 0.29) is 70.9 Å². The van der Waals surface area contributed by atoms with Gasteiger partial charge in [-0.2, -0.15) is 23.1 Å². The molecule has 238 valence electrons. The first-order chi connectivity index (χ1) is 20.8. The number of nitrogens with one attached hydrogen (secondary N) is 1. The van der Waals surface area contributed by atoms with Gasteiger partial charge in [-0.05, 0) is 50.9 Å². The second kappa shape index (κ2) is 11.4. The molecule has 2 aromatic heterocycles. The lowest BCUT2D eigenvalue weighted by Gasteiger charge is -2.38. The number of nitrogen functional groups attached to an aromatic ring is 1. The van der Waals surface area contributed by atoms with Crippen molar-refractivity contribution >= 4 is 34.1 Å². The summed E-state index contributed by atoms with van der Waals surface area (Å²) < 4.78 is 79.7. The molecule has 0 amide bonds. The summed E-state index contributed by atoms with van der Waals surface area (Å²) in [5.41, 5.74) is 2.19. The van der Waals surface area contributed by atoms with Crippen molar-refractivity contribution in [1.29, 1.82) is 0 Å². The van der Waals surface area contributed by atoms with Crippen molar-refractivity contribution < 1.29 is 31.8 Å². The van der Waals surface area contributed by atoms with E-state index in [1.165, 1.54) is 13.0 Å². The molecule has 6 rings (SSSR count). The molecule has 4 N–H and O–H groups in total. The van der Waals surface area contributed by atoms with Gasteiger partial charge in [0.1, 0.15) is 29.9 Å². The van der Waals surface area contributed by atoms with Crippen LogP contribution >= 0.6 is 11.6 Å². The molecular formula is C29H33ClF5N7O2. The van der Waals surface area contributed by atoms with E-state index in [2.05, 4.69) is 20.3 Å². The highest BCUT2D eigenvalue weighted by molar-refractivity contribution is 6.34. The Morgan fingerprint density at radius 1 is 1.20 bits per heavy atom. The minimum Gasteiger partial charge on any atom is -0.461 e. The van der Waals surface area contributed by atoms with E-state index in [1.54, 1.807) is 0 Å². The van der Waals surface area contributed by atoms with Crippen LogP contribution in [-0.2, 0) is 6.18 Å². The van der Waals surface area contributed by atoms with Gasteiger partial charge in [0.2, 0.25) is 0 Å². The molecule has 15 heteroatoms. The van der Waals surface area contributed by atoms with Crippen molar-refractivity contribution in [2.24, 2.45) is 0 Å². The third-order valence-corrected chi connectivity index (χ3v) is 9.10. The number of pyridine rings is 1. The quantitative estimate of drug-likeness (QED) is 0.335. The van der Waals surface area contributed by atoms with Crippen LogP contribution in [0.4, 0.5) is 33.6 Å². The molecule has 44 heavy (non-hydrogen) atoms. The molecule has 0 saturated carbocycles. The summed E-state index contributed by atoms with van der Waals surface area (Å²) in [6.45, 7) is 4.76. The first-order valence-electron chi connectivity index (χ1n) is 14.5. The summed E-state index contributed by atoms with van der Waals surface area (Å²) in [7, 11) is 0. The fourth-order valence-electron chi connectivity index (χ4n) is 7.03. The van der Waals surface area contributed by atoms with Crippen LogP contribution < -0.4 is 20.7 Å². The number of ether oxygens (including phenoxy) is 1. The van der Waals surface area contributed by atoms with Crippen LogP contribution in [0.2, 0.25) is 5.02 Å². The largest absolute Gasteiger partial charge is 0.461 e. The Balaban J connectivity index is 1.52. The van der Waals surface area contributed by atoms with Gasteiger partial charge in [0.15, 0.2) is 5.82 Å². The smallest absolute Gasteiger partial charge is 0.418 e. The Labute approximate surface area is 255 Å². The molecule has 0 radical (unpaired) electrons. The Hall–Kier alpha value is -3.07. The number of aromatic nitrogens is 3. The van der Waals surface area contributed by atoms with E-state index in [0.717, 1.165) is 25.5 Å². The molecule has 3 aliphatic rings. The topological polar surface area (TPSA) is 113 Å². The van der Waals surface area contributed by atoms with Gasteiger partial charge in [-0.15, -0.1) is 0 Å². The SMILES string of the molecule is Cc1cc(N)nc(-c2c(Cl)cc3c(N4CC(C)NC(CO)C4)nc(OC[C@@]45CCCN4C[C@H](F)C5)nc3c2F)c1C(F)(F)F. The van der Waals surface area contributed by atoms with Crippen LogP contribution in [0.3, 0.4) is 0 Å². The highest BCUT2D eigenvalue weighted by Gasteiger charge is 2.49. The third kappa shape index (κ3) is 5.50. The second-order valence-electron chi connectivity index (χ2n) is 12.1. The first kappa shape index (κ1) is 30.9. The van der Waals surface area contributed by atoms with Crippen molar-refractivity contribution in [2.45, 2.75) is 63.1 Å². The number of hydrogen-bond acceptors (Lipinski definition) is 9. The Morgan fingerprint density at radius 3 is 2.70 bits per heavy atom. The van der Waals surface area contributed by atoms with E-state index >= 15 is 4.39 Å². The van der Waals surface area contributed by atoms with E-state index in [4.69, 9.17) is 22.1 Å². The Kier molecular flexibility index (Phi) is 8.00. The number of halogens is 6. The molecular weight excluding hydrogens is 609 g/mol. The molecule has 9 nitrogen and oxygen atoms in total. The van der Waals surface area contributed by atoms with Crippen molar-refractivity contribution in [3.63, 3.8) is 0 Å². The maximum Gasteiger partial charge on any atom is 0.418 e. The molecule has 4 atom stereocenters. The fraction of sp³-hybridized carbons (Fsp3) is 0.552. The predicted octanol–water partition coefficient (Wildman–Crippen LogP) is 4.51. The van der Waals surface area contributed by atoms with E-state index < -0.39 is 40.5 Å². The zero-order valence-corrected chi connectivity index (χ0v) is 24.9. The van der Waals surface area contributed by atoms with E-state index in [1.807, 2.05) is 16.7 Å². The molecule has 5 heterocycles. The van der Waals surface area contributed by atoms with Gasteiger partial charge < -0.3 is 25.8 Å². The summed E-state index contributed by atoms with van der Waals surface area (Å²) in [6.07, 6.45) is -3.99. The van der Waals surface area contributed by atoms with Gasteiger partial charge in [0.25, 0.3) is 0 Å². The number of nitrogens with zero attached hydrogens (tertiary/aromatic N) is 5. The van der Waals surface area contributed by atoms with Crippen molar-refractivity contribution in [1.82, 2.24) is 25.2 Å². The molecule has 3 saturated heterocycles. The molecule has 3 fully saturated rings. The number of aryl methyl sites for hydroxylation is 1. The van der Waals surface area contributed by atoms with Crippen molar-refractivity contribution in [3.05, 3.63) is 34.1 Å².